The second kappa shape index (κ2) is 7.26. The van der Waals surface area contributed by atoms with E-state index in [1.54, 1.807) is 11.9 Å². The average molecular weight is 374 g/mol. The Balaban J connectivity index is 1.35. The van der Waals surface area contributed by atoms with Crippen molar-refractivity contribution in [2.45, 2.75) is 63.5 Å². The molecule has 4 rings (SSSR count). The molecule has 1 saturated carbocycles. The van der Waals surface area contributed by atoms with Crippen LogP contribution in [0.5, 0.6) is 0 Å². The highest BCUT2D eigenvalue weighted by Crippen LogP contribution is 2.43. The number of carboxylic acid groups (broad SMARTS) is 1. The molecular formula is C20H30N4O3. The van der Waals surface area contributed by atoms with Crippen molar-refractivity contribution in [2.24, 2.45) is 11.8 Å². The Bertz CT molecular complexity index is 702. The number of carbonyl (C=O) groups is 2. The van der Waals surface area contributed by atoms with E-state index in [2.05, 4.69) is 14.9 Å². The lowest BCUT2D eigenvalue weighted by molar-refractivity contribution is -0.146. The SMILES string of the molecule is CN1C(=O)C[C@@H](C(=O)O)C12CCN(Cc1cnc(CC3CCCC3)[nH]1)CC2. The van der Waals surface area contributed by atoms with E-state index >= 15 is 0 Å². The maximum Gasteiger partial charge on any atom is 0.309 e. The van der Waals surface area contributed by atoms with Crippen molar-refractivity contribution in [3.63, 3.8) is 0 Å². The van der Waals surface area contributed by atoms with Crippen molar-refractivity contribution in [3.8, 4) is 0 Å². The molecule has 0 radical (unpaired) electrons. The fourth-order valence-electron chi connectivity index (χ4n) is 5.40. The summed E-state index contributed by atoms with van der Waals surface area (Å²) < 4.78 is 0. The zero-order chi connectivity index (χ0) is 19.0. The highest BCUT2D eigenvalue weighted by molar-refractivity contribution is 5.88. The average Bonchev–Trinajstić information content (AvgIpc) is 3.36. The number of aliphatic carboxylic acids is 1. The van der Waals surface area contributed by atoms with E-state index in [1.807, 2.05) is 6.20 Å². The molecular weight excluding hydrogens is 344 g/mol. The Labute approximate surface area is 160 Å². The van der Waals surface area contributed by atoms with Gasteiger partial charge in [0.2, 0.25) is 5.91 Å². The molecule has 1 atom stereocenters. The van der Waals surface area contributed by atoms with Gasteiger partial charge in [0.05, 0.1) is 11.5 Å². The molecule has 148 valence electrons. The van der Waals surface area contributed by atoms with Crippen LogP contribution < -0.4 is 0 Å². The van der Waals surface area contributed by atoms with E-state index in [1.165, 1.54) is 25.7 Å². The van der Waals surface area contributed by atoms with Gasteiger partial charge in [0.15, 0.2) is 0 Å². The summed E-state index contributed by atoms with van der Waals surface area (Å²) in [5.74, 6) is 0.411. The molecule has 1 amide bonds. The molecule has 7 nitrogen and oxygen atoms in total. The van der Waals surface area contributed by atoms with Crippen molar-refractivity contribution in [1.29, 1.82) is 0 Å². The quantitative estimate of drug-likeness (QED) is 0.823. The van der Waals surface area contributed by atoms with Gasteiger partial charge < -0.3 is 15.0 Å². The van der Waals surface area contributed by atoms with E-state index in [-0.39, 0.29) is 12.3 Å². The first kappa shape index (κ1) is 18.5. The number of hydrogen-bond donors (Lipinski definition) is 2. The first-order chi connectivity index (χ1) is 13.0. The minimum Gasteiger partial charge on any atom is -0.481 e. The number of carbonyl (C=O) groups excluding carboxylic acids is 1. The molecule has 2 aliphatic heterocycles. The van der Waals surface area contributed by atoms with Gasteiger partial charge in [-0.1, -0.05) is 25.7 Å². The molecule has 0 aromatic carbocycles. The second-order valence-corrected chi connectivity index (χ2v) is 8.64. The Morgan fingerprint density at radius 2 is 2.04 bits per heavy atom. The summed E-state index contributed by atoms with van der Waals surface area (Å²) in [6.07, 6.45) is 9.91. The number of nitrogens with zero attached hydrogens (tertiary/aromatic N) is 3. The Kier molecular flexibility index (Phi) is 4.97. The highest BCUT2D eigenvalue weighted by Gasteiger charge is 2.55. The Morgan fingerprint density at radius 3 is 2.70 bits per heavy atom. The van der Waals surface area contributed by atoms with Crippen LogP contribution in [0.2, 0.25) is 0 Å². The number of likely N-dealkylation sites (tertiary alicyclic amines) is 2. The molecule has 3 aliphatic rings. The number of rotatable bonds is 5. The third-order valence-corrected chi connectivity index (χ3v) is 7.12. The zero-order valence-corrected chi connectivity index (χ0v) is 16.1. The number of piperidine rings is 1. The van der Waals surface area contributed by atoms with Gasteiger partial charge in [-0.25, -0.2) is 4.98 Å². The highest BCUT2D eigenvalue weighted by atomic mass is 16.4. The molecule has 3 fully saturated rings. The smallest absolute Gasteiger partial charge is 0.309 e. The van der Waals surface area contributed by atoms with Crippen LogP contribution in [0.1, 0.15) is 56.5 Å². The lowest BCUT2D eigenvalue weighted by Crippen LogP contribution is -2.55. The third kappa shape index (κ3) is 3.49. The molecule has 1 aliphatic carbocycles. The Hall–Kier alpha value is -1.89. The van der Waals surface area contributed by atoms with Crippen LogP contribution in [0.15, 0.2) is 6.20 Å². The van der Waals surface area contributed by atoms with Crippen LogP contribution >= 0.6 is 0 Å². The maximum absolute atomic E-state index is 12.1. The summed E-state index contributed by atoms with van der Waals surface area (Å²) in [5, 5.41) is 9.58. The summed E-state index contributed by atoms with van der Waals surface area (Å²) in [6.45, 7) is 2.42. The lowest BCUT2D eigenvalue weighted by atomic mass is 9.77. The monoisotopic (exact) mass is 374 g/mol. The summed E-state index contributed by atoms with van der Waals surface area (Å²) in [4.78, 5) is 35.9. The predicted molar refractivity (Wildman–Crippen MR) is 100 cm³/mol. The van der Waals surface area contributed by atoms with Gasteiger partial charge in [0, 0.05) is 51.4 Å². The standard InChI is InChI=1S/C20H30N4O3/c1-23-18(25)11-16(19(26)27)20(23)6-8-24(9-7-20)13-15-12-21-17(22-15)10-14-4-2-3-5-14/h12,14,16H,2-11,13H2,1H3,(H,21,22)(H,26,27)/t16-/m0/s1. The lowest BCUT2D eigenvalue weighted by Gasteiger charge is -2.45. The van der Waals surface area contributed by atoms with Gasteiger partial charge in [0.25, 0.3) is 0 Å². The molecule has 27 heavy (non-hydrogen) atoms. The van der Waals surface area contributed by atoms with Crippen LogP contribution in [0, 0.1) is 11.8 Å². The molecule has 1 spiro atoms. The first-order valence-electron chi connectivity index (χ1n) is 10.2. The minimum absolute atomic E-state index is 0.0408. The fraction of sp³-hybridized carbons (Fsp3) is 0.750. The van der Waals surface area contributed by atoms with E-state index in [9.17, 15) is 14.7 Å². The molecule has 1 aromatic heterocycles. The van der Waals surface area contributed by atoms with Crippen LogP contribution in [-0.4, -0.2) is 62.4 Å². The number of H-pyrrole nitrogens is 1. The number of imidazole rings is 1. The van der Waals surface area contributed by atoms with Crippen LogP contribution in [-0.2, 0) is 22.6 Å². The van der Waals surface area contributed by atoms with Gasteiger partial charge in [-0.2, -0.15) is 0 Å². The van der Waals surface area contributed by atoms with Gasteiger partial charge in [-0.3, -0.25) is 14.5 Å². The second-order valence-electron chi connectivity index (χ2n) is 8.64. The minimum atomic E-state index is -0.841. The van der Waals surface area contributed by atoms with E-state index in [4.69, 9.17) is 0 Å². The summed E-state index contributed by atoms with van der Waals surface area (Å²) in [5.41, 5.74) is 0.616. The normalized spacial score (nSPS) is 26.3. The third-order valence-electron chi connectivity index (χ3n) is 7.12. The zero-order valence-electron chi connectivity index (χ0n) is 16.1. The first-order valence-corrected chi connectivity index (χ1v) is 10.2. The van der Waals surface area contributed by atoms with E-state index < -0.39 is 17.4 Å². The number of nitrogens with one attached hydrogen (secondary N) is 1. The molecule has 1 aromatic rings. The van der Waals surface area contributed by atoms with Gasteiger partial charge in [0.1, 0.15) is 5.82 Å². The van der Waals surface area contributed by atoms with Gasteiger partial charge in [-0.05, 0) is 18.8 Å². The molecule has 2 N–H and O–H groups in total. The fourth-order valence-corrected chi connectivity index (χ4v) is 5.40. The summed E-state index contributed by atoms with van der Waals surface area (Å²) in [6, 6.07) is 0. The topological polar surface area (TPSA) is 89.5 Å². The number of carboxylic acids is 1. The van der Waals surface area contributed by atoms with Crippen LogP contribution in [0.3, 0.4) is 0 Å². The van der Waals surface area contributed by atoms with Crippen LogP contribution in [0.4, 0.5) is 0 Å². The van der Waals surface area contributed by atoms with Crippen molar-refractivity contribution in [3.05, 3.63) is 17.7 Å². The molecule has 0 unspecified atom stereocenters. The molecule has 7 heteroatoms. The van der Waals surface area contributed by atoms with E-state index in [0.29, 0.717) is 0 Å². The van der Waals surface area contributed by atoms with Crippen LogP contribution in [0.25, 0.3) is 0 Å². The molecule has 2 saturated heterocycles. The predicted octanol–water partition coefficient (Wildman–Crippen LogP) is 2.04. The van der Waals surface area contributed by atoms with Crippen molar-refractivity contribution in [2.75, 3.05) is 20.1 Å². The number of amides is 1. The van der Waals surface area contributed by atoms with Crippen molar-refractivity contribution >= 4 is 11.9 Å². The Morgan fingerprint density at radius 1 is 1.33 bits per heavy atom. The van der Waals surface area contributed by atoms with Gasteiger partial charge in [-0.15, -0.1) is 0 Å². The van der Waals surface area contributed by atoms with Crippen molar-refractivity contribution in [1.82, 2.24) is 19.8 Å². The van der Waals surface area contributed by atoms with E-state index in [0.717, 1.165) is 56.3 Å². The number of aromatic nitrogens is 2. The van der Waals surface area contributed by atoms with Gasteiger partial charge >= 0.3 is 5.97 Å². The summed E-state index contributed by atoms with van der Waals surface area (Å²) in [7, 11) is 1.77. The maximum atomic E-state index is 12.1. The number of aromatic amines is 1. The largest absolute Gasteiger partial charge is 0.481 e. The van der Waals surface area contributed by atoms with Crippen molar-refractivity contribution < 1.29 is 14.7 Å². The summed E-state index contributed by atoms with van der Waals surface area (Å²) >= 11 is 0. The molecule has 0 bridgehead atoms. The number of hydrogen-bond acceptors (Lipinski definition) is 4. The molecule has 3 heterocycles.